The largest absolute Gasteiger partial charge is 0.299 e. The standard InChI is InChI=1S/C8H16OS/c1-3-5-6-8(9)7-10-4-2/h3-7H2,1-2H3. The first-order chi connectivity index (χ1) is 4.81. The fraction of sp³-hybridized carbons (Fsp3) is 0.875. The quantitative estimate of drug-likeness (QED) is 0.594. The zero-order valence-electron chi connectivity index (χ0n) is 6.85. The van der Waals surface area contributed by atoms with Gasteiger partial charge in [-0.05, 0) is 12.2 Å². The maximum Gasteiger partial charge on any atom is 0.142 e. The molecule has 60 valence electrons. The van der Waals surface area contributed by atoms with E-state index in [9.17, 15) is 4.79 Å². The second kappa shape index (κ2) is 7.13. The first kappa shape index (κ1) is 10.0. The number of carbonyl (C=O) groups is 1. The summed E-state index contributed by atoms with van der Waals surface area (Å²) in [6.07, 6.45) is 2.97. The molecular weight excluding hydrogens is 144 g/mol. The molecule has 0 fully saturated rings. The van der Waals surface area contributed by atoms with Gasteiger partial charge in [0.25, 0.3) is 0 Å². The molecule has 0 aliphatic rings. The first-order valence-corrected chi connectivity index (χ1v) is 5.06. The number of unbranched alkanes of at least 4 members (excludes halogenated alkanes) is 1. The van der Waals surface area contributed by atoms with E-state index in [0.717, 1.165) is 30.8 Å². The molecule has 0 aromatic carbocycles. The van der Waals surface area contributed by atoms with Gasteiger partial charge in [0, 0.05) is 6.42 Å². The van der Waals surface area contributed by atoms with Crippen molar-refractivity contribution in [1.29, 1.82) is 0 Å². The Kier molecular flexibility index (Phi) is 7.15. The summed E-state index contributed by atoms with van der Waals surface area (Å²) in [5.74, 6) is 2.18. The number of rotatable bonds is 6. The van der Waals surface area contributed by atoms with Crippen molar-refractivity contribution in [3.63, 3.8) is 0 Å². The van der Waals surface area contributed by atoms with Crippen LogP contribution in [0.5, 0.6) is 0 Å². The molecule has 0 N–H and O–H groups in total. The maximum absolute atomic E-state index is 10.9. The fourth-order valence-electron chi connectivity index (χ4n) is 0.662. The highest BCUT2D eigenvalue weighted by Crippen LogP contribution is 2.03. The fourth-order valence-corrected chi connectivity index (χ4v) is 1.24. The number of Topliss-reactive ketones (excluding diaryl/α,β-unsaturated/α-hetero) is 1. The molecule has 0 rings (SSSR count). The lowest BCUT2D eigenvalue weighted by Gasteiger charge is -1.96. The van der Waals surface area contributed by atoms with Gasteiger partial charge in [-0.2, -0.15) is 11.8 Å². The predicted molar refractivity (Wildman–Crippen MR) is 47.5 cm³/mol. The van der Waals surface area contributed by atoms with E-state index in [1.54, 1.807) is 11.8 Å². The second-order valence-electron chi connectivity index (χ2n) is 2.28. The molecule has 0 bridgehead atoms. The molecule has 0 unspecified atom stereocenters. The predicted octanol–water partition coefficient (Wildman–Crippen LogP) is 2.50. The topological polar surface area (TPSA) is 17.1 Å². The Morgan fingerprint density at radius 1 is 1.40 bits per heavy atom. The van der Waals surface area contributed by atoms with Gasteiger partial charge in [-0.1, -0.05) is 20.3 Å². The minimum atomic E-state index is 0.411. The molecule has 0 amide bonds. The van der Waals surface area contributed by atoms with Crippen LogP contribution in [0.3, 0.4) is 0 Å². The van der Waals surface area contributed by atoms with Crippen molar-refractivity contribution in [3.05, 3.63) is 0 Å². The molecule has 0 spiro atoms. The molecule has 10 heavy (non-hydrogen) atoms. The second-order valence-corrected chi connectivity index (χ2v) is 3.55. The van der Waals surface area contributed by atoms with Crippen molar-refractivity contribution in [2.24, 2.45) is 0 Å². The van der Waals surface area contributed by atoms with Crippen LogP contribution in [0.2, 0.25) is 0 Å². The van der Waals surface area contributed by atoms with Crippen molar-refractivity contribution in [2.75, 3.05) is 11.5 Å². The molecule has 0 aromatic heterocycles. The van der Waals surface area contributed by atoms with Gasteiger partial charge in [0.1, 0.15) is 5.78 Å². The summed E-state index contributed by atoms with van der Waals surface area (Å²) in [4.78, 5) is 10.9. The van der Waals surface area contributed by atoms with Crippen LogP contribution in [0.4, 0.5) is 0 Å². The summed E-state index contributed by atoms with van der Waals surface area (Å²) in [5.41, 5.74) is 0. The Morgan fingerprint density at radius 3 is 2.60 bits per heavy atom. The SMILES string of the molecule is CCCCC(=O)CSCC. The van der Waals surface area contributed by atoms with Crippen molar-refractivity contribution in [3.8, 4) is 0 Å². The summed E-state index contributed by atoms with van der Waals surface area (Å²) < 4.78 is 0. The van der Waals surface area contributed by atoms with E-state index in [1.807, 2.05) is 0 Å². The van der Waals surface area contributed by atoms with E-state index in [-0.39, 0.29) is 0 Å². The van der Waals surface area contributed by atoms with Gasteiger partial charge in [0.05, 0.1) is 5.75 Å². The van der Waals surface area contributed by atoms with Crippen LogP contribution < -0.4 is 0 Å². The number of carbonyl (C=O) groups excluding carboxylic acids is 1. The molecule has 0 aliphatic carbocycles. The first-order valence-electron chi connectivity index (χ1n) is 3.90. The Bertz CT molecular complexity index is 81.3. The minimum Gasteiger partial charge on any atom is -0.299 e. The average molecular weight is 160 g/mol. The van der Waals surface area contributed by atoms with Crippen molar-refractivity contribution in [2.45, 2.75) is 33.1 Å². The van der Waals surface area contributed by atoms with Crippen LogP contribution in [-0.4, -0.2) is 17.3 Å². The summed E-state index contributed by atoms with van der Waals surface area (Å²) in [5, 5.41) is 0. The van der Waals surface area contributed by atoms with E-state index in [1.165, 1.54) is 0 Å². The zero-order valence-corrected chi connectivity index (χ0v) is 7.67. The Labute approximate surface area is 67.6 Å². The Balaban J connectivity index is 3.09. The van der Waals surface area contributed by atoms with Gasteiger partial charge in [0.15, 0.2) is 0 Å². The van der Waals surface area contributed by atoms with Crippen LogP contribution in [-0.2, 0) is 4.79 Å². The molecule has 0 atom stereocenters. The van der Waals surface area contributed by atoms with Gasteiger partial charge in [0.2, 0.25) is 0 Å². The van der Waals surface area contributed by atoms with Crippen LogP contribution in [0.1, 0.15) is 33.1 Å². The summed E-state index contributed by atoms with van der Waals surface area (Å²) in [6.45, 7) is 4.19. The van der Waals surface area contributed by atoms with E-state index in [4.69, 9.17) is 0 Å². The highest BCUT2D eigenvalue weighted by molar-refractivity contribution is 7.99. The van der Waals surface area contributed by atoms with Crippen LogP contribution in [0.15, 0.2) is 0 Å². The lowest BCUT2D eigenvalue weighted by Crippen LogP contribution is -2.00. The van der Waals surface area contributed by atoms with E-state index >= 15 is 0 Å². The third kappa shape index (κ3) is 6.14. The minimum absolute atomic E-state index is 0.411. The van der Waals surface area contributed by atoms with Gasteiger partial charge in [-0.25, -0.2) is 0 Å². The molecule has 2 heteroatoms. The Morgan fingerprint density at radius 2 is 2.10 bits per heavy atom. The van der Waals surface area contributed by atoms with Crippen LogP contribution >= 0.6 is 11.8 Å². The summed E-state index contributed by atoms with van der Waals surface area (Å²) in [7, 11) is 0. The van der Waals surface area contributed by atoms with Crippen molar-refractivity contribution >= 4 is 17.5 Å². The highest BCUT2D eigenvalue weighted by Gasteiger charge is 1.98. The van der Waals surface area contributed by atoms with Gasteiger partial charge in [-0.3, -0.25) is 4.79 Å². The third-order valence-corrected chi connectivity index (χ3v) is 2.21. The average Bonchev–Trinajstić information content (AvgIpc) is 1.97. The lowest BCUT2D eigenvalue weighted by molar-refractivity contribution is -0.116. The van der Waals surface area contributed by atoms with Crippen molar-refractivity contribution in [1.82, 2.24) is 0 Å². The normalized spacial score (nSPS) is 9.80. The molecule has 0 radical (unpaired) electrons. The third-order valence-electron chi connectivity index (χ3n) is 1.28. The molecule has 0 saturated carbocycles. The molecule has 0 saturated heterocycles. The maximum atomic E-state index is 10.9. The van der Waals surface area contributed by atoms with Gasteiger partial charge < -0.3 is 0 Å². The molecule has 0 heterocycles. The molecular formula is C8H16OS. The Hall–Kier alpha value is 0.0200. The van der Waals surface area contributed by atoms with Gasteiger partial charge in [-0.15, -0.1) is 0 Å². The molecule has 0 aromatic rings. The number of hydrogen-bond donors (Lipinski definition) is 0. The number of hydrogen-bond acceptors (Lipinski definition) is 2. The summed E-state index contributed by atoms with van der Waals surface area (Å²) >= 11 is 1.72. The van der Waals surface area contributed by atoms with Crippen molar-refractivity contribution < 1.29 is 4.79 Å². The number of ketones is 1. The van der Waals surface area contributed by atoms with E-state index in [0.29, 0.717) is 5.78 Å². The lowest BCUT2D eigenvalue weighted by atomic mass is 10.2. The van der Waals surface area contributed by atoms with E-state index in [2.05, 4.69) is 13.8 Å². The monoisotopic (exact) mass is 160 g/mol. The highest BCUT2D eigenvalue weighted by atomic mass is 32.2. The van der Waals surface area contributed by atoms with Crippen LogP contribution in [0, 0.1) is 0 Å². The van der Waals surface area contributed by atoms with Crippen LogP contribution in [0.25, 0.3) is 0 Å². The molecule has 1 nitrogen and oxygen atoms in total. The smallest absolute Gasteiger partial charge is 0.142 e. The summed E-state index contributed by atoms with van der Waals surface area (Å²) in [6, 6.07) is 0. The van der Waals surface area contributed by atoms with E-state index < -0.39 is 0 Å². The van der Waals surface area contributed by atoms with Gasteiger partial charge >= 0.3 is 0 Å². The molecule has 0 aliphatic heterocycles. The zero-order chi connectivity index (χ0) is 7.82. The number of thioether (sulfide) groups is 1.